The molecule has 0 fully saturated rings. The molecule has 2 aromatic rings. The fourth-order valence-corrected chi connectivity index (χ4v) is 2.62. The van der Waals surface area contributed by atoms with Crippen molar-refractivity contribution in [2.75, 3.05) is 6.26 Å². The van der Waals surface area contributed by atoms with Crippen molar-refractivity contribution in [3.05, 3.63) is 41.2 Å². The number of sulfone groups is 1. The zero-order valence-corrected chi connectivity index (χ0v) is 12.6. The molecule has 4 nitrogen and oxygen atoms in total. The highest BCUT2D eigenvalue weighted by Crippen LogP contribution is 2.23. The van der Waals surface area contributed by atoms with E-state index in [0.29, 0.717) is 16.0 Å². The molecule has 0 radical (unpaired) electrons. The van der Waals surface area contributed by atoms with Crippen molar-refractivity contribution in [2.24, 2.45) is 0 Å². The van der Waals surface area contributed by atoms with Gasteiger partial charge in [0.05, 0.1) is 16.9 Å². The SMILES string of the molecule is CS(=O)(=O)c1cnn(-c2ccc(CBr)cc2Cl)c1. The second-order valence-electron chi connectivity index (χ2n) is 3.81. The molecule has 0 atom stereocenters. The van der Waals surface area contributed by atoms with Gasteiger partial charge in [0.1, 0.15) is 4.90 Å². The Morgan fingerprint density at radius 1 is 1.44 bits per heavy atom. The lowest BCUT2D eigenvalue weighted by atomic mass is 10.2. The highest BCUT2D eigenvalue weighted by atomic mass is 79.9. The van der Waals surface area contributed by atoms with E-state index < -0.39 is 9.84 Å². The summed E-state index contributed by atoms with van der Waals surface area (Å²) in [5.74, 6) is 0. The number of benzene rings is 1. The molecule has 0 bridgehead atoms. The molecule has 18 heavy (non-hydrogen) atoms. The van der Waals surface area contributed by atoms with E-state index in [-0.39, 0.29) is 4.90 Å². The minimum Gasteiger partial charge on any atom is -0.238 e. The lowest BCUT2D eigenvalue weighted by Crippen LogP contribution is -1.97. The van der Waals surface area contributed by atoms with Crippen LogP contribution >= 0.6 is 27.5 Å². The molecule has 2 rings (SSSR count). The second-order valence-corrected chi connectivity index (χ2v) is 6.80. The van der Waals surface area contributed by atoms with E-state index in [1.54, 1.807) is 6.07 Å². The van der Waals surface area contributed by atoms with Crippen molar-refractivity contribution in [3.63, 3.8) is 0 Å². The standard InChI is InChI=1S/C11H10BrClN2O2S/c1-18(16,17)9-6-14-15(7-9)11-3-2-8(5-12)4-10(11)13/h2-4,6-7H,5H2,1H3. The van der Waals surface area contributed by atoms with E-state index in [4.69, 9.17) is 11.6 Å². The molecule has 0 aliphatic heterocycles. The van der Waals surface area contributed by atoms with Gasteiger partial charge in [0.25, 0.3) is 0 Å². The molecule has 0 unspecified atom stereocenters. The van der Waals surface area contributed by atoms with Crippen LogP contribution in [0.3, 0.4) is 0 Å². The Morgan fingerprint density at radius 3 is 2.67 bits per heavy atom. The van der Waals surface area contributed by atoms with Gasteiger partial charge in [-0.3, -0.25) is 0 Å². The van der Waals surface area contributed by atoms with Gasteiger partial charge in [-0.05, 0) is 17.7 Å². The lowest BCUT2D eigenvalue weighted by Gasteiger charge is -2.05. The van der Waals surface area contributed by atoms with Crippen molar-refractivity contribution in [1.82, 2.24) is 9.78 Å². The summed E-state index contributed by atoms with van der Waals surface area (Å²) in [5.41, 5.74) is 1.69. The molecule has 0 aliphatic carbocycles. The topological polar surface area (TPSA) is 52.0 Å². The first-order valence-electron chi connectivity index (χ1n) is 5.01. The summed E-state index contributed by atoms with van der Waals surface area (Å²) < 4.78 is 24.2. The first-order chi connectivity index (χ1) is 8.41. The number of hydrogen-bond donors (Lipinski definition) is 0. The third kappa shape index (κ3) is 2.76. The third-order valence-corrected chi connectivity index (χ3v) is 4.42. The van der Waals surface area contributed by atoms with Gasteiger partial charge in [-0.2, -0.15) is 5.10 Å². The minimum absolute atomic E-state index is 0.170. The predicted octanol–water partition coefficient (Wildman–Crippen LogP) is 2.82. The molecular weight excluding hydrogens is 340 g/mol. The summed E-state index contributed by atoms with van der Waals surface area (Å²) in [5, 5.41) is 5.24. The maximum absolute atomic E-state index is 11.4. The number of alkyl halides is 1. The van der Waals surface area contributed by atoms with Crippen molar-refractivity contribution in [1.29, 1.82) is 0 Å². The Bertz CT molecular complexity index is 682. The van der Waals surface area contributed by atoms with Crippen LogP contribution in [0.1, 0.15) is 5.56 Å². The van der Waals surface area contributed by atoms with Crippen LogP contribution in [0.25, 0.3) is 5.69 Å². The smallest absolute Gasteiger partial charge is 0.178 e. The number of halogens is 2. The van der Waals surface area contributed by atoms with Gasteiger partial charge in [-0.1, -0.05) is 33.6 Å². The number of rotatable bonds is 3. The summed E-state index contributed by atoms with van der Waals surface area (Å²) in [6.07, 6.45) is 3.90. The van der Waals surface area contributed by atoms with Crippen LogP contribution in [0.15, 0.2) is 35.5 Å². The van der Waals surface area contributed by atoms with Crippen molar-refractivity contribution in [2.45, 2.75) is 10.2 Å². The van der Waals surface area contributed by atoms with E-state index in [1.807, 2.05) is 12.1 Å². The van der Waals surface area contributed by atoms with Gasteiger partial charge < -0.3 is 0 Å². The highest BCUT2D eigenvalue weighted by Gasteiger charge is 2.12. The summed E-state index contributed by atoms with van der Waals surface area (Å²) in [4.78, 5) is 0.170. The van der Waals surface area contributed by atoms with E-state index in [0.717, 1.165) is 11.8 Å². The first kappa shape index (κ1) is 13.6. The monoisotopic (exact) mass is 348 g/mol. The molecule has 0 spiro atoms. The summed E-state index contributed by atoms with van der Waals surface area (Å²) in [7, 11) is -3.25. The zero-order valence-electron chi connectivity index (χ0n) is 9.47. The van der Waals surface area contributed by atoms with Crippen molar-refractivity contribution in [3.8, 4) is 5.69 Å². The zero-order chi connectivity index (χ0) is 13.3. The molecule has 0 N–H and O–H groups in total. The Labute approximate surface area is 119 Å². The van der Waals surface area contributed by atoms with Crippen LogP contribution in [0.5, 0.6) is 0 Å². The average Bonchev–Trinajstić information content (AvgIpc) is 2.77. The van der Waals surface area contributed by atoms with Crippen LogP contribution in [0.2, 0.25) is 5.02 Å². The van der Waals surface area contributed by atoms with Crippen molar-refractivity contribution >= 4 is 37.4 Å². The molecule has 0 saturated heterocycles. The molecular formula is C11H10BrClN2O2S. The molecule has 1 aromatic heterocycles. The highest BCUT2D eigenvalue weighted by molar-refractivity contribution is 9.08. The van der Waals surface area contributed by atoms with Crippen molar-refractivity contribution < 1.29 is 8.42 Å². The van der Waals surface area contributed by atoms with Gasteiger partial charge in [-0.25, -0.2) is 13.1 Å². The Balaban J connectivity index is 2.47. The molecule has 0 aliphatic rings. The van der Waals surface area contributed by atoms with Crippen LogP contribution < -0.4 is 0 Å². The quantitative estimate of drug-likeness (QED) is 0.801. The van der Waals surface area contributed by atoms with Crippen LogP contribution in [-0.4, -0.2) is 24.5 Å². The summed E-state index contributed by atoms with van der Waals surface area (Å²) >= 11 is 9.48. The lowest BCUT2D eigenvalue weighted by molar-refractivity contribution is 0.602. The fourth-order valence-electron chi connectivity index (χ4n) is 1.45. The summed E-state index contributed by atoms with van der Waals surface area (Å²) in [6.45, 7) is 0. The van der Waals surface area contributed by atoms with E-state index in [1.165, 1.54) is 17.1 Å². The normalized spacial score (nSPS) is 11.7. The van der Waals surface area contributed by atoms with Gasteiger partial charge >= 0.3 is 0 Å². The molecule has 1 heterocycles. The molecule has 0 amide bonds. The summed E-state index contributed by atoms with van der Waals surface area (Å²) in [6, 6.07) is 5.52. The molecule has 1 aromatic carbocycles. The van der Waals surface area contributed by atoms with Gasteiger partial charge in [0.15, 0.2) is 9.84 Å². The predicted molar refractivity (Wildman–Crippen MR) is 74.3 cm³/mol. The Morgan fingerprint density at radius 2 is 2.17 bits per heavy atom. The third-order valence-electron chi connectivity index (χ3n) is 2.40. The maximum atomic E-state index is 11.4. The average molecular weight is 350 g/mol. The largest absolute Gasteiger partial charge is 0.238 e. The van der Waals surface area contributed by atoms with E-state index in [9.17, 15) is 8.42 Å². The van der Waals surface area contributed by atoms with Gasteiger partial charge in [-0.15, -0.1) is 0 Å². The minimum atomic E-state index is -3.25. The molecule has 7 heteroatoms. The number of aromatic nitrogens is 2. The van der Waals surface area contributed by atoms with E-state index in [2.05, 4.69) is 21.0 Å². The fraction of sp³-hybridized carbons (Fsp3) is 0.182. The van der Waals surface area contributed by atoms with E-state index >= 15 is 0 Å². The first-order valence-corrected chi connectivity index (χ1v) is 8.40. The van der Waals surface area contributed by atoms with Crippen LogP contribution in [-0.2, 0) is 15.2 Å². The number of nitrogens with zero attached hydrogens (tertiary/aromatic N) is 2. The Hall–Kier alpha value is -0.850. The maximum Gasteiger partial charge on any atom is 0.178 e. The number of hydrogen-bond acceptors (Lipinski definition) is 3. The van der Waals surface area contributed by atoms with Gasteiger partial charge in [0.2, 0.25) is 0 Å². The van der Waals surface area contributed by atoms with Crippen LogP contribution in [0, 0.1) is 0 Å². The molecule has 96 valence electrons. The van der Waals surface area contributed by atoms with Crippen LogP contribution in [0.4, 0.5) is 0 Å². The Kier molecular flexibility index (Phi) is 3.79. The second kappa shape index (κ2) is 5.03. The molecule has 0 saturated carbocycles. The van der Waals surface area contributed by atoms with Gasteiger partial charge in [0, 0.05) is 17.8 Å².